The van der Waals surface area contributed by atoms with Gasteiger partial charge in [0.25, 0.3) is 5.91 Å². The molecule has 0 bridgehead atoms. The second-order valence-corrected chi connectivity index (χ2v) is 6.01. The van der Waals surface area contributed by atoms with Gasteiger partial charge in [-0.15, -0.1) is 0 Å². The minimum absolute atomic E-state index is 0.263. The van der Waals surface area contributed by atoms with Crippen molar-refractivity contribution in [3.05, 3.63) is 60.8 Å². The number of rotatable bonds is 5. The molecule has 130 valence electrons. The van der Waals surface area contributed by atoms with Crippen molar-refractivity contribution >= 4 is 22.5 Å². The summed E-state index contributed by atoms with van der Waals surface area (Å²) in [7, 11) is 0. The van der Waals surface area contributed by atoms with Crippen LogP contribution in [0.5, 0.6) is 0 Å². The number of carbonyl (C=O) groups is 1. The highest BCUT2D eigenvalue weighted by Gasteiger charge is 2.15. The van der Waals surface area contributed by atoms with Crippen LogP contribution in [0.2, 0.25) is 0 Å². The Kier molecular flexibility index (Phi) is 4.18. The van der Waals surface area contributed by atoms with Gasteiger partial charge in [0, 0.05) is 41.8 Å². The average Bonchev–Trinajstić information content (AvgIpc) is 3.29. The molecule has 2 N–H and O–H groups in total. The van der Waals surface area contributed by atoms with E-state index in [1.807, 2.05) is 35.3 Å². The molecule has 7 nitrogen and oxygen atoms in total. The molecule has 0 radical (unpaired) electrons. The smallest absolute Gasteiger partial charge is 0.276 e. The Morgan fingerprint density at radius 1 is 1.19 bits per heavy atom. The number of aromatic nitrogens is 5. The van der Waals surface area contributed by atoms with Crippen LogP contribution >= 0.6 is 0 Å². The number of aromatic amines is 1. The Morgan fingerprint density at radius 2 is 2.04 bits per heavy atom. The molecule has 4 rings (SSSR count). The van der Waals surface area contributed by atoms with Crippen LogP contribution < -0.4 is 5.32 Å². The first-order valence-corrected chi connectivity index (χ1v) is 8.47. The standard InChI is InChI=1S/C19H18N6O/c1-2-9-25-12-14(11-21-25)13-3-4-17-16(10-13)18(24-23-17)19(26)22-15-5-7-20-8-6-15/h3-8,10-12H,2,9H2,1H3,(H,23,24)(H,20,22,26). The number of anilines is 1. The van der Waals surface area contributed by atoms with Crippen LogP contribution in [0.25, 0.3) is 22.0 Å². The van der Waals surface area contributed by atoms with Crippen LogP contribution in [-0.4, -0.2) is 30.9 Å². The Morgan fingerprint density at radius 3 is 2.85 bits per heavy atom. The lowest BCUT2D eigenvalue weighted by Gasteiger charge is -2.03. The zero-order valence-corrected chi connectivity index (χ0v) is 14.3. The molecule has 3 aromatic heterocycles. The summed E-state index contributed by atoms with van der Waals surface area (Å²) in [4.78, 5) is 16.5. The largest absolute Gasteiger partial charge is 0.320 e. The van der Waals surface area contributed by atoms with Crippen molar-refractivity contribution in [1.82, 2.24) is 25.0 Å². The number of carbonyl (C=O) groups excluding carboxylic acids is 1. The maximum absolute atomic E-state index is 12.6. The van der Waals surface area contributed by atoms with Gasteiger partial charge in [-0.25, -0.2) is 0 Å². The number of hydrogen-bond acceptors (Lipinski definition) is 4. The van der Waals surface area contributed by atoms with Crippen molar-refractivity contribution in [2.24, 2.45) is 0 Å². The Hall–Kier alpha value is -3.48. The first-order chi connectivity index (χ1) is 12.7. The molecule has 0 saturated heterocycles. The SMILES string of the molecule is CCCn1cc(-c2ccc3[nH]nc(C(=O)Nc4ccncc4)c3c2)cn1. The van der Waals surface area contributed by atoms with Gasteiger partial charge in [0.15, 0.2) is 5.69 Å². The zero-order valence-electron chi connectivity index (χ0n) is 14.3. The van der Waals surface area contributed by atoms with E-state index < -0.39 is 0 Å². The quantitative estimate of drug-likeness (QED) is 0.579. The van der Waals surface area contributed by atoms with E-state index in [0.29, 0.717) is 11.4 Å². The van der Waals surface area contributed by atoms with Gasteiger partial charge in [-0.1, -0.05) is 13.0 Å². The van der Waals surface area contributed by atoms with Crippen LogP contribution in [0.4, 0.5) is 5.69 Å². The van der Waals surface area contributed by atoms with Crippen LogP contribution in [0.1, 0.15) is 23.8 Å². The fourth-order valence-electron chi connectivity index (χ4n) is 2.86. The third-order valence-electron chi connectivity index (χ3n) is 4.14. The molecule has 0 unspecified atom stereocenters. The number of hydrogen-bond donors (Lipinski definition) is 2. The predicted octanol–water partition coefficient (Wildman–Crippen LogP) is 3.48. The maximum Gasteiger partial charge on any atom is 0.276 e. The number of pyridine rings is 1. The number of nitrogens with one attached hydrogen (secondary N) is 2. The highest BCUT2D eigenvalue weighted by molar-refractivity contribution is 6.11. The van der Waals surface area contributed by atoms with Gasteiger partial charge >= 0.3 is 0 Å². The number of nitrogens with zero attached hydrogens (tertiary/aromatic N) is 4. The number of amides is 1. The average molecular weight is 346 g/mol. The second kappa shape index (κ2) is 6.79. The van der Waals surface area contributed by atoms with Gasteiger partial charge in [0.05, 0.1) is 11.7 Å². The van der Waals surface area contributed by atoms with Crippen molar-refractivity contribution in [3.8, 4) is 11.1 Å². The Bertz CT molecular complexity index is 1050. The number of aryl methyl sites for hydroxylation is 1. The number of H-pyrrole nitrogens is 1. The van der Waals surface area contributed by atoms with Crippen molar-refractivity contribution < 1.29 is 4.79 Å². The van der Waals surface area contributed by atoms with E-state index in [0.717, 1.165) is 35.0 Å². The second-order valence-electron chi connectivity index (χ2n) is 6.01. The summed E-state index contributed by atoms with van der Waals surface area (Å²) >= 11 is 0. The summed E-state index contributed by atoms with van der Waals surface area (Å²) in [6.07, 6.45) is 8.14. The third-order valence-corrected chi connectivity index (χ3v) is 4.14. The minimum atomic E-state index is -0.263. The molecule has 3 heterocycles. The molecule has 7 heteroatoms. The molecule has 4 aromatic rings. The monoisotopic (exact) mass is 346 g/mol. The van der Waals surface area contributed by atoms with Crippen LogP contribution in [0.15, 0.2) is 55.1 Å². The molecule has 1 amide bonds. The van der Waals surface area contributed by atoms with Gasteiger partial charge in [-0.2, -0.15) is 10.2 Å². The molecule has 0 aliphatic rings. The van der Waals surface area contributed by atoms with Gasteiger partial charge in [-0.3, -0.25) is 19.6 Å². The first-order valence-electron chi connectivity index (χ1n) is 8.47. The van der Waals surface area contributed by atoms with Gasteiger partial charge < -0.3 is 5.32 Å². The van der Waals surface area contributed by atoms with E-state index in [1.165, 1.54) is 0 Å². The van der Waals surface area contributed by atoms with Gasteiger partial charge in [0.2, 0.25) is 0 Å². The highest BCUT2D eigenvalue weighted by atomic mass is 16.1. The molecule has 0 fully saturated rings. The van der Waals surface area contributed by atoms with E-state index in [9.17, 15) is 4.79 Å². The summed E-state index contributed by atoms with van der Waals surface area (Å²) in [6, 6.07) is 9.37. The van der Waals surface area contributed by atoms with Crippen LogP contribution in [-0.2, 0) is 6.54 Å². The number of benzene rings is 1. The van der Waals surface area contributed by atoms with E-state index in [-0.39, 0.29) is 5.91 Å². The van der Waals surface area contributed by atoms with E-state index in [2.05, 4.69) is 32.5 Å². The summed E-state index contributed by atoms with van der Waals surface area (Å²) in [5.41, 5.74) is 3.87. The third kappa shape index (κ3) is 3.06. The molecule has 0 spiro atoms. The highest BCUT2D eigenvalue weighted by Crippen LogP contribution is 2.25. The van der Waals surface area contributed by atoms with Crippen molar-refractivity contribution in [3.63, 3.8) is 0 Å². The van der Waals surface area contributed by atoms with E-state index >= 15 is 0 Å². The minimum Gasteiger partial charge on any atom is -0.320 e. The fraction of sp³-hybridized carbons (Fsp3) is 0.158. The van der Waals surface area contributed by atoms with Gasteiger partial charge in [-0.05, 0) is 36.2 Å². The lowest BCUT2D eigenvalue weighted by Crippen LogP contribution is -2.12. The first kappa shape index (κ1) is 16.0. The molecular weight excluding hydrogens is 328 g/mol. The molecular formula is C19H18N6O. The Balaban J connectivity index is 1.67. The lowest BCUT2D eigenvalue weighted by molar-refractivity contribution is 0.102. The van der Waals surface area contributed by atoms with E-state index in [4.69, 9.17) is 0 Å². The summed E-state index contributed by atoms with van der Waals surface area (Å²) in [6.45, 7) is 3.00. The summed E-state index contributed by atoms with van der Waals surface area (Å²) in [5, 5.41) is 15.1. The predicted molar refractivity (Wildman–Crippen MR) is 99.8 cm³/mol. The normalized spacial score (nSPS) is 11.0. The maximum atomic E-state index is 12.6. The van der Waals surface area contributed by atoms with Crippen molar-refractivity contribution in [1.29, 1.82) is 0 Å². The molecule has 0 aliphatic heterocycles. The molecule has 0 atom stereocenters. The van der Waals surface area contributed by atoms with E-state index in [1.54, 1.807) is 24.5 Å². The molecule has 1 aromatic carbocycles. The topological polar surface area (TPSA) is 88.5 Å². The lowest BCUT2D eigenvalue weighted by atomic mass is 10.1. The van der Waals surface area contributed by atoms with Crippen molar-refractivity contribution in [2.75, 3.05) is 5.32 Å². The summed E-state index contributed by atoms with van der Waals surface area (Å²) in [5.74, 6) is -0.263. The fourth-order valence-corrected chi connectivity index (χ4v) is 2.86. The molecule has 0 aliphatic carbocycles. The molecule has 26 heavy (non-hydrogen) atoms. The number of fused-ring (bicyclic) bond motifs is 1. The van der Waals surface area contributed by atoms with Gasteiger partial charge in [0.1, 0.15) is 0 Å². The van der Waals surface area contributed by atoms with Crippen LogP contribution in [0, 0.1) is 0 Å². The van der Waals surface area contributed by atoms with Crippen molar-refractivity contribution in [2.45, 2.75) is 19.9 Å². The summed E-state index contributed by atoms with van der Waals surface area (Å²) < 4.78 is 1.92. The van der Waals surface area contributed by atoms with Crippen LogP contribution in [0.3, 0.4) is 0 Å². The molecule has 0 saturated carbocycles. The Labute approximate surface area is 150 Å². The zero-order chi connectivity index (χ0) is 17.9.